The summed E-state index contributed by atoms with van der Waals surface area (Å²) in [5.74, 6) is -1.72. The standard InChI is InChI=1S/C28H21N3O6S/c1-16(24(32)19-8-11-21(12-9-19)36-15-18-6-4-3-5-7-18)37-27(35)20-10-13-22-23(14-20)26(34)31(25(22)33)28-30-29-17(2)38-28/h3-14,16H,15H2,1-2H3/t16-/m0/s1. The predicted molar refractivity (Wildman–Crippen MR) is 139 cm³/mol. The quantitative estimate of drug-likeness (QED) is 0.185. The summed E-state index contributed by atoms with van der Waals surface area (Å²) < 4.78 is 11.1. The number of carbonyl (C=O) groups is 4. The molecular formula is C28H21N3O6S. The van der Waals surface area contributed by atoms with Crippen LogP contribution in [0.15, 0.2) is 72.8 Å². The summed E-state index contributed by atoms with van der Waals surface area (Å²) in [6, 6.07) is 20.3. The number of aromatic nitrogens is 2. The summed E-state index contributed by atoms with van der Waals surface area (Å²) in [5.41, 5.74) is 1.63. The van der Waals surface area contributed by atoms with Crippen LogP contribution in [0.4, 0.5) is 5.13 Å². The third kappa shape index (κ3) is 4.94. The first kappa shape index (κ1) is 25.0. The van der Waals surface area contributed by atoms with Crippen LogP contribution in [0.5, 0.6) is 5.75 Å². The largest absolute Gasteiger partial charge is 0.489 e. The van der Waals surface area contributed by atoms with Gasteiger partial charge in [-0.05, 0) is 61.9 Å². The molecule has 0 radical (unpaired) electrons. The third-order valence-corrected chi connectivity index (χ3v) is 6.69. The van der Waals surface area contributed by atoms with Crippen LogP contribution in [0.25, 0.3) is 0 Å². The van der Waals surface area contributed by atoms with Crippen molar-refractivity contribution in [3.8, 4) is 5.75 Å². The van der Waals surface area contributed by atoms with Crippen molar-refractivity contribution in [1.82, 2.24) is 10.2 Å². The molecule has 0 bridgehead atoms. The molecule has 1 aromatic heterocycles. The van der Waals surface area contributed by atoms with Gasteiger partial charge in [0.05, 0.1) is 16.7 Å². The Hall–Kier alpha value is -4.70. The Morgan fingerprint density at radius 2 is 1.58 bits per heavy atom. The smallest absolute Gasteiger partial charge is 0.338 e. The summed E-state index contributed by atoms with van der Waals surface area (Å²) in [4.78, 5) is 52.2. The van der Waals surface area contributed by atoms with Gasteiger partial charge in [0, 0.05) is 5.56 Å². The van der Waals surface area contributed by atoms with E-state index >= 15 is 0 Å². The van der Waals surface area contributed by atoms with E-state index in [9.17, 15) is 19.2 Å². The number of hydrogen-bond donors (Lipinski definition) is 0. The number of anilines is 1. The maximum Gasteiger partial charge on any atom is 0.338 e. The second-order valence-electron chi connectivity index (χ2n) is 8.52. The molecular weight excluding hydrogens is 506 g/mol. The second kappa shape index (κ2) is 10.3. The van der Waals surface area contributed by atoms with Crippen LogP contribution in [0.2, 0.25) is 0 Å². The first-order valence-corrected chi connectivity index (χ1v) is 12.5. The van der Waals surface area contributed by atoms with E-state index < -0.39 is 29.7 Å². The molecule has 1 atom stereocenters. The number of Topliss-reactive ketones (excluding diaryl/α,β-unsaturated/α-hetero) is 1. The van der Waals surface area contributed by atoms with E-state index in [0.717, 1.165) is 21.8 Å². The summed E-state index contributed by atoms with van der Waals surface area (Å²) >= 11 is 1.11. The van der Waals surface area contributed by atoms with Crippen molar-refractivity contribution in [2.75, 3.05) is 4.90 Å². The highest BCUT2D eigenvalue weighted by molar-refractivity contribution is 7.15. The van der Waals surface area contributed by atoms with Crippen LogP contribution < -0.4 is 9.64 Å². The second-order valence-corrected chi connectivity index (χ2v) is 9.68. The Bertz CT molecular complexity index is 1550. The van der Waals surface area contributed by atoms with E-state index in [1.165, 1.54) is 25.1 Å². The minimum atomic E-state index is -1.08. The van der Waals surface area contributed by atoms with Crippen molar-refractivity contribution in [2.24, 2.45) is 0 Å². The molecule has 5 rings (SSSR count). The molecule has 1 aliphatic heterocycles. The molecule has 0 spiro atoms. The Kier molecular flexibility index (Phi) is 6.80. The fraction of sp³-hybridized carbons (Fsp3) is 0.143. The molecule has 2 heterocycles. The zero-order chi connectivity index (χ0) is 26.8. The van der Waals surface area contributed by atoms with E-state index in [0.29, 0.717) is 22.9 Å². The molecule has 0 aliphatic carbocycles. The van der Waals surface area contributed by atoms with Gasteiger partial charge in [0.15, 0.2) is 6.10 Å². The van der Waals surface area contributed by atoms with Gasteiger partial charge in [-0.15, -0.1) is 10.2 Å². The van der Waals surface area contributed by atoms with Crippen LogP contribution >= 0.6 is 11.3 Å². The lowest BCUT2D eigenvalue weighted by Crippen LogP contribution is -2.29. The lowest BCUT2D eigenvalue weighted by Gasteiger charge is -2.13. The average molecular weight is 528 g/mol. The fourth-order valence-corrected chi connectivity index (χ4v) is 4.58. The molecule has 9 nitrogen and oxygen atoms in total. The summed E-state index contributed by atoms with van der Waals surface area (Å²) in [5, 5.41) is 8.49. The van der Waals surface area contributed by atoms with Crippen molar-refractivity contribution in [1.29, 1.82) is 0 Å². The maximum atomic E-state index is 12.9. The molecule has 0 saturated carbocycles. The van der Waals surface area contributed by atoms with Crippen molar-refractivity contribution in [2.45, 2.75) is 26.6 Å². The predicted octanol–water partition coefficient (Wildman–Crippen LogP) is 4.65. The fourth-order valence-electron chi connectivity index (χ4n) is 3.89. The maximum absolute atomic E-state index is 12.9. The number of benzene rings is 3. The van der Waals surface area contributed by atoms with Crippen molar-refractivity contribution in [3.63, 3.8) is 0 Å². The lowest BCUT2D eigenvalue weighted by molar-refractivity contribution is 0.0318. The SMILES string of the molecule is Cc1nnc(N2C(=O)c3ccc(C(=O)O[C@@H](C)C(=O)c4ccc(OCc5ccccc5)cc4)cc3C2=O)s1. The minimum Gasteiger partial charge on any atom is -0.489 e. The average Bonchev–Trinajstić information content (AvgIpc) is 3.47. The number of ketones is 1. The van der Waals surface area contributed by atoms with Gasteiger partial charge in [0.1, 0.15) is 17.4 Å². The topological polar surface area (TPSA) is 116 Å². The molecule has 190 valence electrons. The van der Waals surface area contributed by atoms with Gasteiger partial charge < -0.3 is 9.47 Å². The Balaban J connectivity index is 1.23. The van der Waals surface area contributed by atoms with Crippen LogP contribution in [0, 0.1) is 6.92 Å². The minimum absolute atomic E-state index is 0.0458. The number of carbonyl (C=O) groups excluding carboxylic acids is 4. The van der Waals surface area contributed by atoms with Gasteiger partial charge >= 0.3 is 5.97 Å². The number of hydrogen-bond acceptors (Lipinski definition) is 9. The van der Waals surface area contributed by atoms with Gasteiger partial charge in [-0.2, -0.15) is 0 Å². The zero-order valence-corrected chi connectivity index (χ0v) is 21.2. The van der Waals surface area contributed by atoms with E-state index in [1.807, 2.05) is 30.3 Å². The van der Waals surface area contributed by atoms with Gasteiger partial charge in [0.2, 0.25) is 10.9 Å². The Morgan fingerprint density at radius 3 is 2.26 bits per heavy atom. The molecule has 3 aromatic carbocycles. The molecule has 0 N–H and O–H groups in total. The number of fused-ring (bicyclic) bond motifs is 1. The highest BCUT2D eigenvalue weighted by Crippen LogP contribution is 2.31. The number of ether oxygens (including phenoxy) is 2. The molecule has 10 heteroatoms. The molecule has 2 amide bonds. The third-order valence-electron chi connectivity index (χ3n) is 5.87. The number of aryl methyl sites for hydroxylation is 1. The molecule has 0 unspecified atom stereocenters. The molecule has 4 aromatic rings. The van der Waals surface area contributed by atoms with Gasteiger partial charge in [-0.25, -0.2) is 9.69 Å². The van der Waals surface area contributed by atoms with Gasteiger partial charge in [0.25, 0.3) is 11.8 Å². The number of esters is 1. The van der Waals surface area contributed by atoms with Gasteiger partial charge in [-0.3, -0.25) is 14.4 Å². The number of nitrogens with zero attached hydrogens (tertiary/aromatic N) is 3. The first-order chi connectivity index (χ1) is 18.3. The van der Waals surface area contributed by atoms with Crippen molar-refractivity contribution >= 4 is 40.0 Å². The van der Waals surface area contributed by atoms with Crippen LogP contribution in [0.3, 0.4) is 0 Å². The number of rotatable bonds is 8. The summed E-state index contributed by atoms with van der Waals surface area (Å²) in [7, 11) is 0. The monoisotopic (exact) mass is 527 g/mol. The molecule has 1 aliphatic rings. The molecule has 38 heavy (non-hydrogen) atoms. The van der Waals surface area contributed by atoms with E-state index in [-0.39, 0.29) is 21.8 Å². The highest BCUT2D eigenvalue weighted by atomic mass is 32.1. The van der Waals surface area contributed by atoms with Crippen LogP contribution in [-0.2, 0) is 11.3 Å². The molecule has 0 fully saturated rings. The summed E-state index contributed by atoms with van der Waals surface area (Å²) in [6.45, 7) is 3.58. The zero-order valence-electron chi connectivity index (χ0n) is 20.4. The number of imide groups is 1. The van der Waals surface area contributed by atoms with Crippen LogP contribution in [0.1, 0.15) is 58.9 Å². The number of amides is 2. The lowest BCUT2D eigenvalue weighted by atomic mass is 10.1. The highest BCUT2D eigenvalue weighted by Gasteiger charge is 2.39. The van der Waals surface area contributed by atoms with Crippen molar-refractivity contribution in [3.05, 3.63) is 106 Å². The Morgan fingerprint density at radius 1 is 0.895 bits per heavy atom. The Labute approximate surface area is 221 Å². The van der Waals surface area contributed by atoms with Crippen LogP contribution in [-0.4, -0.2) is 39.9 Å². The normalized spacial score (nSPS) is 13.3. The van der Waals surface area contributed by atoms with E-state index in [2.05, 4.69) is 10.2 Å². The summed E-state index contributed by atoms with van der Waals surface area (Å²) in [6.07, 6.45) is -1.08. The first-order valence-electron chi connectivity index (χ1n) is 11.7. The van der Waals surface area contributed by atoms with E-state index in [1.54, 1.807) is 31.2 Å². The van der Waals surface area contributed by atoms with Crippen molar-refractivity contribution < 1.29 is 28.7 Å². The van der Waals surface area contributed by atoms with E-state index in [4.69, 9.17) is 9.47 Å². The van der Waals surface area contributed by atoms with Gasteiger partial charge in [-0.1, -0.05) is 41.7 Å². The molecule has 0 saturated heterocycles.